The molecule has 1 aliphatic heterocycles. The molecule has 1 saturated heterocycles. The first-order valence-electron chi connectivity index (χ1n) is 7.39. The highest BCUT2D eigenvalue weighted by molar-refractivity contribution is 7.91. The molecule has 5 nitrogen and oxygen atoms in total. The van der Waals surface area contributed by atoms with E-state index >= 15 is 0 Å². The van der Waals surface area contributed by atoms with Crippen LogP contribution in [0, 0.1) is 5.92 Å². The van der Waals surface area contributed by atoms with Gasteiger partial charge < -0.3 is 5.32 Å². The molecule has 6 heteroatoms. The molecule has 2 atom stereocenters. The summed E-state index contributed by atoms with van der Waals surface area (Å²) in [5.41, 5.74) is 0. The van der Waals surface area contributed by atoms with E-state index in [1.165, 1.54) is 0 Å². The molecule has 0 aromatic heterocycles. The number of carbonyl (C=O) groups excluding carboxylic acids is 1. The fourth-order valence-electron chi connectivity index (χ4n) is 2.45. The van der Waals surface area contributed by atoms with Crippen molar-refractivity contribution in [3.8, 4) is 0 Å². The summed E-state index contributed by atoms with van der Waals surface area (Å²) in [7, 11) is -1.07. The number of carbonyl (C=O) groups is 1. The van der Waals surface area contributed by atoms with Crippen LogP contribution < -0.4 is 5.32 Å². The Labute approximate surface area is 123 Å². The van der Waals surface area contributed by atoms with E-state index in [9.17, 15) is 13.2 Å². The van der Waals surface area contributed by atoms with Crippen molar-refractivity contribution in [1.82, 2.24) is 10.2 Å². The van der Waals surface area contributed by atoms with Gasteiger partial charge in [0, 0.05) is 12.1 Å². The fourth-order valence-corrected chi connectivity index (χ4v) is 4.26. The quantitative estimate of drug-likeness (QED) is 0.763. The van der Waals surface area contributed by atoms with Crippen LogP contribution in [0.25, 0.3) is 0 Å². The Balaban J connectivity index is 2.31. The monoisotopic (exact) mass is 304 g/mol. The van der Waals surface area contributed by atoms with Crippen molar-refractivity contribution < 1.29 is 13.2 Å². The summed E-state index contributed by atoms with van der Waals surface area (Å²) >= 11 is 0. The number of sulfone groups is 1. The Kier molecular flexibility index (Phi) is 6.45. The minimum atomic E-state index is -2.89. The average molecular weight is 304 g/mol. The van der Waals surface area contributed by atoms with E-state index in [0.717, 1.165) is 12.8 Å². The lowest BCUT2D eigenvalue weighted by Gasteiger charge is -2.23. The van der Waals surface area contributed by atoms with E-state index < -0.39 is 9.84 Å². The predicted octanol–water partition coefficient (Wildman–Crippen LogP) is 1.05. The third-order valence-electron chi connectivity index (χ3n) is 3.81. The number of nitrogens with zero attached hydrogens (tertiary/aromatic N) is 1. The van der Waals surface area contributed by atoms with E-state index in [-0.39, 0.29) is 36.0 Å². The zero-order valence-corrected chi connectivity index (χ0v) is 13.9. The van der Waals surface area contributed by atoms with Gasteiger partial charge >= 0.3 is 0 Å². The van der Waals surface area contributed by atoms with Crippen molar-refractivity contribution >= 4 is 15.7 Å². The molecule has 1 aliphatic rings. The van der Waals surface area contributed by atoms with Gasteiger partial charge in [0.25, 0.3) is 0 Å². The van der Waals surface area contributed by atoms with Gasteiger partial charge in [-0.3, -0.25) is 9.69 Å². The predicted molar refractivity (Wildman–Crippen MR) is 81.4 cm³/mol. The van der Waals surface area contributed by atoms with Crippen molar-refractivity contribution in [3.05, 3.63) is 0 Å². The summed E-state index contributed by atoms with van der Waals surface area (Å²) in [4.78, 5) is 13.8. The minimum absolute atomic E-state index is 0.0169. The standard InChI is InChI=1S/C14H28N2O3S/c1-11(2)5-6-12(3)15-14(17)9-16(4)13-7-8-20(18,19)10-13/h11-13H,5-10H2,1-4H3,(H,15,17). The smallest absolute Gasteiger partial charge is 0.234 e. The highest BCUT2D eigenvalue weighted by Crippen LogP contribution is 2.16. The van der Waals surface area contributed by atoms with E-state index in [1.807, 2.05) is 18.9 Å². The molecule has 0 spiro atoms. The maximum Gasteiger partial charge on any atom is 0.234 e. The summed E-state index contributed by atoms with van der Waals surface area (Å²) < 4.78 is 22.9. The van der Waals surface area contributed by atoms with Crippen LogP contribution in [0.15, 0.2) is 0 Å². The Morgan fingerprint density at radius 1 is 1.30 bits per heavy atom. The summed E-state index contributed by atoms with van der Waals surface area (Å²) in [5.74, 6) is 1.04. The summed E-state index contributed by atoms with van der Waals surface area (Å²) in [6, 6.07) is 0.155. The molecule has 1 heterocycles. The van der Waals surface area contributed by atoms with Crippen LogP contribution >= 0.6 is 0 Å². The second-order valence-electron chi connectivity index (χ2n) is 6.41. The third-order valence-corrected chi connectivity index (χ3v) is 5.56. The van der Waals surface area contributed by atoms with Crippen molar-refractivity contribution in [2.75, 3.05) is 25.1 Å². The van der Waals surface area contributed by atoms with Gasteiger partial charge in [0.15, 0.2) is 9.84 Å². The normalized spacial score (nSPS) is 23.2. The molecule has 20 heavy (non-hydrogen) atoms. The first kappa shape index (κ1) is 17.4. The second kappa shape index (κ2) is 7.41. The van der Waals surface area contributed by atoms with Crippen LogP contribution in [-0.2, 0) is 14.6 Å². The van der Waals surface area contributed by atoms with Gasteiger partial charge in [0.05, 0.1) is 18.1 Å². The number of hydrogen-bond donors (Lipinski definition) is 1. The zero-order valence-electron chi connectivity index (χ0n) is 13.1. The number of likely N-dealkylation sites (N-methyl/N-ethyl adjacent to an activating group) is 1. The van der Waals surface area contributed by atoms with Crippen LogP contribution in [0.4, 0.5) is 0 Å². The van der Waals surface area contributed by atoms with E-state index in [4.69, 9.17) is 0 Å². The number of hydrogen-bond acceptors (Lipinski definition) is 4. The van der Waals surface area contributed by atoms with Crippen molar-refractivity contribution in [2.24, 2.45) is 5.92 Å². The molecule has 1 N–H and O–H groups in total. The second-order valence-corrected chi connectivity index (χ2v) is 8.64. The molecular formula is C14H28N2O3S. The van der Waals surface area contributed by atoms with E-state index in [2.05, 4.69) is 19.2 Å². The van der Waals surface area contributed by atoms with Crippen LogP contribution in [0.5, 0.6) is 0 Å². The molecule has 0 aliphatic carbocycles. The number of amides is 1. The molecule has 118 valence electrons. The molecule has 2 unspecified atom stereocenters. The molecular weight excluding hydrogens is 276 g/mol. The summed E-state index contributed by atoms with van der Waals surface area (Å²) in [6.45, 7) is 6.62. The lowest BCUT2D eigenvalue weighted by molar-refractivity contribution is -0.123. The molecule has 0 aromatic carbocycles. The molecule has 1 rings (SSSR count). The number of nitrogens with one attached hydrogen (secondary N) is 1. The topological polar surface area (TPSA) is 66.5 Å². The summed E-state index contributed by atoms with van der Waals surface area (Å²) in [6.07, 6.45) is 2.71. The van der Waals surface area contributed by atoms with Gasteiger partial charge in [-0.05, 0) is 39.2 Å². The van der Waals surface area contributed by atoms with Gasteiger partial charge in [0.1, 0.15) is 0 Å². The van der Waals surface area contributed by atoms with Crippen LogP contribution in [0.1, 0.15) is 40.0 Å². The highest BCUT2D eigenvalue weighted by atomic mass is 32.2. The molecule has 0 radical (unpaired) electrons. The fraction of sp³-hybridized carbons (Fsp3) is 0.929. The van der Waals surface area contributed by atoms with E-state index in [0.29, 0.717) is 12.3 Å². The SMILES string of the molecule is CC(C)CCC(C)NC(=O)CN(C)C1CCS(=O)(=O)C1. The minimum Gasteiger partial charge on any atom is -0.353 e. The lowest BCUT2D eigenvalue weighted by Crippen LogP contribution is -2.43. The van der Waals surface area contributed by atoms with Crippen molar-refractivity contribution in [1.29, 1.82) is 0 Å². The Morgan fingerprint density at radius 3 is 2.45 bits per heavy atom. The van der Waals surface area contributed by atoms with Gasteiger partial charge in [0.2, 0.25) is 5.91 Å². The van der Waals surface area contributed by atoms with Crippen LogP contribution in [0.2, 0.25) is 0 Å². The highest BCUT2D eigenvalue weighted by Gasteiger charge is 2.31. The summed E-state index contributed by atoms with van der Waals surface area (Å²) in [5, 5.41) is 2.98. The first-order chi connectivity index (χ1) is 9.19. The van der Waals surface area contributed by atoms with Crippen LogP contribution in [-0.4, -0.2) is 56.4 Å². The van der Waals surface area contributed by atoms with Gasteiger partial charge in [-0.1, -0.05) is 13.8 Å². The number of rotatable bonds is 7. The lowest BCUT2D eigenvalue weighted by atomic mass is 10.0. The molecule has 0 bridgehead atoms. The molecule has 0 saturated carbocycles. The Hall–Kier alpha value is -0.620. The largest absolute Gasteiger partial charge is 0.353 e. The first-order valence-corrected chi connectivity index (χ1v) is 9.22. The Morgan fingerprint density at radius 2 is 1.95 bits per heavy atom. The maximum absolute atomic E-state index is 11.9. The maximum atomic E-state index is 11.9. The van der Waals surface area contributed by atoms with Gasteiger partial charge in [-0.2, -0.15) is 0 Å². The van der Waals surface area contributed by atoms with Gasteiger partial charge in [-0.15, -0.1) is 0 Å². The average Bonchev–Trinajstić information content (AvgIpc) is 2.67. The Bertz CT molecular complexity index is 420. The molecule has 1 fully saturated rings. The zero-order chi connectivity index (χ0) is 15.3. The molecule has 1 amide bonds. The van der Waals surface area contributed by atoms with Gasteiger partial charge in [-0.25, -0.2) is 8.42 Å². The van der Waals surface area contributed by atoms with E-state index in [1.54, 1.807) is 0 Å². The van der Waals surface area contributed by atoms with Crippen molar-refractivity contribution in [2.45, 2.75) is 52.1 Å². The van der Waals surface area contributed by atoms with Crippen LogP contribution in [0.3, 0.4) is 0 Å². The molecule has 0 aromatic rings. The van der Waals surface area contributed by atoms with Crippen molar-refractivity contribution in [3.63, 3.8) is 0 Å². The third kappa shape index (κ3) is 6.22.